The van der Waals surface area contributed by atoms with Crippen LogP contribution in [0.25, 0.3) is 0 Å². The Morgan fingerprint density at radius 1 is 1.06 bits per heavy atom. The molecule has 0 atom stereocenters. The molecule has 4 rings (SSSR count). The first kappa shape index (κ1) is 21.6. The number of carbonyl (C=O) groups is 2. The second kappa shape index (κ2) is 8.49. The monoisotopic (exact) mass is 448 g/mol. The lowest BCUT2D eigenvalue weighted by Crippen LogP contribution is -2.53. The minimum Gasteiger partial charge on any atom is -0.353 e. The number of pyridine rings is 2. The Labute approximate surface area is 183 Å². The Balaban J connectivity index is 1.42. The second-order valence-electron chi connectivity index (χ2n) is 8.32. The molecule has 0 aliphatic heterocycles. The molecule has 0 bridgehead atoms. The van der Waals surface area contributed by atoms with Crippen LogP contribution in [0, 0.1) is 0 Å². The molecule has 164 valence electrons. The third-order valence-electron chi connectivity index (χ3n) is 6.22. The fourth-order valence-electron chi connectivity index (χ4n) is 4.16. The number of alkyl halides is 2. The fourth-order valence-corrected chi connectivity index (χ4v) is 4.33. The third kappa shape index (κ3) is 4.69. The molecule has 2 heterocycles. The van der Waals surface area contributed by atoms with Crippen LogP contribution in [-0.2, 0) is 10.2 Å². The zero-order valence-electron chi connectivity index (χ0n) is 16.8. The van der Waals surface area contributed by atoms with Crippen molar-refractivity contribution in [2.45, 2.75) is 62.3 Å². The summed E-state index contributed by atoms with van der Waals surface area (Å²) in [7, 11) is 0. The molecule has 0 spiro atoms. The van der Waals surface area contributed by atoms with Gasteiger partial charge in [0.2, 0.25) is 11.8 Å². The molecule has 6 nitrogen and oxygen atoms in total. The van der Waals surface area contributed by atoms with Gasteiger partial charge in [-0.1, -0.05) is 24.1 Å². The zero-order chi connectivity index (χ0) is 22.1. The number of hydrogen-bond donors (Lipinski definition) is 2. The lowest BCUT2D eigenvalue weighted by molar-refractivity contribution is -0.131. The van der Waals surface area contributed by atoms with E-state index in [9.17, 15) is 18.4 Å². The molecule has 2 fully saturated rings. The molecule has 2 saturated carbocycles. The Morgan fingerprint density at radius 2 is 1.81 bits per heavy atom. The Hall–Kier alpha value is -2.61. The average Bonchev–Trinajstić information content (AvgIpc) is 2.70. The van der Waals surface area contributed by atoms with Gasteiger partial charge in [0.1, 0.15) is 5.82 Å². The maximum absolute atomic E-state index is 13.4. The SMILES string of the molecule is O=C(Nc1ccc(C2(C(=O)NC3CCC(F)(F)CC3)CCC2)cn1)c1cncc(Cl)c1. The predicted octanol–water partition coefficient (Wildman–Crippen LogP) is 4.50. The van der Waals surface area contributed by atoms with E-state index in [4.69, 9.17) is 11.6 Å². The molecule has 9 heteroatoms. The van der Waals surface area contributed by atoms with Crippen molar-refractivity contribution >= 4 is 29.2 Å². The van der Waals surface area contributed by atoms with Gasteiger partial charge in [-0.3, -0.25) is 14.6 Å². The second-order valence-corrected chi connectivity index (χ2v) is 8.75. The normalized spacial score (nSPS) is 19.8. The van der Waals surface area contributed by atoms with E-state index in [1.165, 1.54) is 18.5 Å². The number of anilines is 1. The number of amides is 2. The van der Waals surface area contributed by atoms with Gasteiger partial charge in [-0.05, 0) is 43.4 Å². The number of rotatable bonds is 5. The molecule has 0 saturated heterocycles. The summed E-state index contributed by atoms with van der Waals surface area (Å²) in [5, 5.41) is 6.02. The van der Waals surface area contributed by atoms with E-state index < -0.39 is 11.3 Å². The van der Waals surface area contributed by atoms with Crippen LogP contribution in [0.5, 0.6) is 0 Å². The summed E-state index contributed by atoms with van der Waals surface area (Å²) in [4.78, 5) is 33.6. The smallest absolute Gasteiger partial charge is 0.258 e. The molecule has 2 N–H and O–H groups in total. The highest BCUT2D eigenvalue weighted by atomic mass is 35.5. The molecule has 2 aliphatic rings. The summed E-state index contributed by atoms with van der Waals surface area (Å²) in [5.41, 5.74) is 0.387. The molecular formula is C22H23ClF2N4O2. The van der Waals surface area contributed by atoms with E-state index in [0.29, 0.717) is 29.2 Å². The number of halogens is 3. The van der Waals surface area contributed by atoms with Crippen molar-refractivity contribution in [3.05, 3.63) is 52.9 Å². The van der Waals surface area contributed by atoms with Crippen LogP contribution in [-0.4, -0.2) is 33.7 Å². The number of nitrogens with zero attached hydrogens (tertiary/aromatic N) is 2. The Morgan fingerprint density at radius 3 is 2.39 bits per heavy atom. The first-order chi connectivity index (χ1) is 14.8. The summed E-state index contributed by atoms with van der Waals surface area (Å²) >= 11 is 5.87. The van der Waals surface area contributed by atoms with Gasteiger partial charge in [-0.2, -0.15) is 0 Å². The molecule has 0 aromatic carbocycles. The van der Waals surface area contributed by atoms with E-state index in [1.54, 1.807) is 18.3 Å². The van der Waals surface area contributed by atoms with Crippen LogP contribution in [0.1, 0.15) is 60.9 Å². The first-order valence-electron chi connectivity index (χ1n) is 10.3. The van der Waals surface area contributed by atoms with Gasteiger partial charge in [0.15, 0.2) is 0 Å². The van der Waals surface area contributed by atoms with Crippen molar-refractivity contribution in [1.82, 2.24) is 15.3 Å². The standard InChI is InChI=1S/C22H23ClF2N4O2/c23-16-10-14(11-26-13-16)19(30)29-18-3-2-15(12-27-18)21(6-1-7-21)20(31)28-17-4-8-22(24,25)9-5-17/h2-3,10-13,17H,1,4-9H2,(H,28,31)(H,27,29,30). The molecule has 2 aromatic heterocycles. The quantitative estimate of drug-likeness (QED) is 0.705. The van der Waals surface area contributed by atoms with Crippen molar-refractivity contribution in [3.63, 3.8) is 0 Å². The largest absolute Gasteiger partial charge is 0.353 e. The van der Waals surface area contributed by atoms with E-state index in [0.717, 1.165) is 12.0 Å². The molecule has 0 unspecified atom stereocenters. The van der Waals surface area contributed by atoms with Gasteiger partial charge in [-0.15, -0.1) is 0 Å². The average molecular weight is 449 g/mol. The summed E-state index contributed by atoms with van der Waals surface area (Å²) in [6.45, 7) is 0. The van der Waals surface area contributed by atoms with Crippen LogP contribution < -0.4 is 10.6 Å². The van der Waals surface area contributed by atoms with Gasteiger partial charge in [-0.25, -0.2) is 13.8 Å². The van der Waals surface area contributed by atoms with Crippen LogP contribution in [0.15, 0.2) is 36.8 Å². The van der Waals surface area contributed by atoms with Crippen LogP contribution >= 0.6 is 11.6 Å². The third-order valence-corrected chi connectivity index (χ3v) is 6.43. The maximum Gasteiger partial charge on any atom is 0.258 e. The first-order valence-corrected chi connectivity index (χ1v) is 10.7. The minimum absolute atomic E-state index is 0.127. The molecular weight excluding hydrogens is 426 g/mol. The molecule has 0 radical (unpaired) electrons. The fraction of sp³-hybridized carbons (Fsp3) is 0.455. The van der Waals surface area contributed by atoms with Crippen LogP contribution in [0.4, 0.5) is 14.6 Å². The number of nitrogens with one attached hydrogen (secondary N) is 2. The Kier molecular flexibility index (Phi) is 5.92. The van der Waals surface area contributed by atoms with E-state index in [2.05, 4.69) is 20.6 Å². The van der Waals surface area contributed by atoms with E-state index in [-0.39, 0.29) is 43.5 Å². The highest BCUT2D eigenvalue weighted by Crippen LogP contribution is 2.44. The van der Waals surface area contributed by atoms with Crippen molar-refractivity contribution in [1.29, 1.82) is 0 Å². The number of carbonyl (C=O) groups excluding carboxylic acids is 2. The van der Waals surface area contributed by atoms with Crippen molar-refractivity contribution in [3.8, 4) is 0 Å². The topological polar surface area (TPSA) is 84.0 Å². The van der Waals surface area contributed by atoms with Gasteiger partial charge < -0.3 is 10.6 Å². The van der Waals surface area contributed by atoms with Gasteiger partial charge >= 0.3 is 0 Å². The Bertz CT molecular complexity index is 970. The predicted molar refractivity (Wildman–Crippen MR) is 112 cm³/mol. The van der Waals surface area contributed by atoms with Crippen LogP contribution in [0.3, 0.4) is 0 Å². The summed E-state index contributed by atoms with van der Waals surface area (Å²) in [6.07, 6.45) is 6.92. The van der Waals surface area contributed by atoms with Crippen molar-refractivity contribution in [2.75, 3.05) is 5.32 Å². The summed E-state index contributed by atoms with van der Waals surface area (Å²) < 4.78 is 26.8. The number of hydrogen-bond acceptors (Lipinski definition) is 4. The van der Waals surface area contributed by atoms with Crippen molar-refractivity contribution < 1.29 is 18.4 Å². The maximum atomic E-state index is 13.4. The molecule has 2 amide bonds. The molecule has 2 aromatic rings. The lowest BCUT2D eigenvalue weighted by Gasteiger charge is -2.42. The number of aromatic nitrogens is 2. The summed E-state index contributed by atoms with van der Waals surface area (Å²) in [5.74, 6) is -2.79. The molecule has 31 heavy (non-hydrogen) atoms. The van der Waals surface area contributed by atoms with Gasteiger partial charge in [0.05, 0.1) is 16.0 Å². The van der Waals surface area contributed by atoms with Crippen LogP contribution in [0.2, 0.25) is 5.02 Å². The van der Waals surface area contributed by atoms with Crippen molar-refractivity contribution in [2.24, 2.45) is 0 Å². The van der Waals surface area contributed by atoms with E-state index in [1.807, 2.05) is 0 Å². The highest BCUT2D eigenvalue weighted by Gasteiger charge is 2.47. The minimum atomic E-state index is -2.62. The van der Waals surface area contributed by atoms with Gasteiger partial charge in [0.25, 0.3) is 5.91 Å². The van der Waals surface area contributed by atoms with E-state index >= 15 is 0 Å². The lowest BCUT2D eigenvalue weighted by atomic mass is 9.64. The highest BCUT2D eigenvalue weighted by molar-refractivity contribution is 6.30. The summed E-state index contributed by atoms with van der Waals surface area (Å²) in [6, 6.07) is 4.72. The molecule has 2 aliphatic carbocycles. The van der Waals surface area contributed by atoms with Gasteiger partial charge in [0, 0.05) is 37.5 Å². The zero-order valence-corrected chi connectivity index (χ0v) is 17.6.